The molecule has 0 radical (unpaired) electrons. The van der Waals surface area contributed by atoms with Gasteiger partial charge in [-0.25, -0.2) is 4.79 Å². The maximum absolute atomic E-state index is 11.6. The lowest BCUT2D eigenvalue weighted by Crippen LogP contribution is -2.45. The maximum Gasteiger partial charge on any atom is 0.407 e. The van der Waals surface area contributed by atoms with Crippen LogP contribution in [0.15, 0.2) is 0 Å². The molecule has 5 nitrogen and oxygen atoms in total. The van der Waals surface area contributed by atoms with Crippen molar-refractivity contribution in [2.45, 2.75) is 57.5 Å². The van der Waals surface area contributed by atoms with Crippen LogP contribution >= 0.6 is 0 Å². The number of fused-ring (bicyclic) bond motifs is 2. The van der Waals surface area contributed by atoms with Gasteiger partial charge < -0.3 is 19.9 Å². The minimum atomic E-state index is -0.476. The predicted molar refractivity (Wildman–Crippen MR) is 61.6 cm³/mol. The summed E-state index contributed by atoms with van der Waals surface area (Å²) in [4.78, 5) is 11.6. The van der Waals surface area contributed by atoms with E-state index in [4.69, 9.17) is 14.6 Å². The molecule has 17 heavy (non-hydrogen) atoms. The Morgan fingerprint density at radius 2 is 2.12 bits per heavy atom. The highest BCUT2D eigenvalue weighted by Crippen LogP contribution is 2.38. The quantitative estimate of drug-likeness (QED) is 0.760. The lowest BCUT2D eigenvalue weighted by molar-refractivity contribution is 0.0460. The van der Waals surface area contributed by atoms with Gasteiger partial charge in [0.25, 0.3) is 0 Å². The number of carbonyl (C=O) groups is 1. The van der Waals surface area contributed by atoms with Crippen molar-refractivity contribution in [1.29, 1.82) is 0 Å². The van der Waals surface area contributed by atoms with Crippen molar-refractivity contribution in [1.82, 2.24) is 5.32 Å². The lowest BCUT2D eigenvalue weighted by atomic mass is 9.87. The summed E-state index contributed by atoms with van der Waals surface area (Å²) >= 11 is 0. The van der Waals surface area contributed by atoms with Crippen LogP contribution in [0.1, 0.15) is 33.6 Å². The number of carbonyl (C=O) groups excluding carboxylic acids is 1. The molecule has 5 heteroatoms. The summed E-state index contributed by atoms with van der Waals surface area (Å²) < 4.78 is 10.9. The number of alkyl carbamates (subject to hydrolysis) is 1. The molecule has 2 saturated heterocycles. The molecule has 0 aliphatic carbocycles. The number of amides is 1. The van der Waals surface area contributed by atoms with Crippen LogP contribution in [-0.4, -0.2) is 41.7 Å². The highest BCUT2D eigenvalue weighted by molar-refractivity contribution is 5.68. The summed E-state index contributed by atoms with van der Waals surface area (Å²) in [5.74, 6) is 0.233. The average molecular weight is 243 g/mol. The van der Waals surface area contributed by atoms with E-state index in [1.807, 2.05) is 20.8 Å². The summed E-state index contributed by atoms with van der Waals surface area (Å²) in [6.07, 6.45) is 1.32. The van der Waals surface area contributed by atoms with Crippen molar-refractivity contribution in [3.05, 3.63) is 0 Å². The fourth-order valence-corrected chi connectivity index (χ4v) is 2.55. The normalized spacial score (nSPS) is 36.0. The third kappa shape index (κ3) is 2.90. The Balaban J connectivity index is 1.81. The van der Waals surface area contributed by atoms with Crippen LogP contribution in [-0.2, 0) is 9.47 Å². The molecule has 2 fully saturated rings. The molecule has 2 N–H and O–H groups in total. The summed E-state index contributed by atoms with van der Waals surface area (Å²) in [5.41, 5.74) is -0.476. The van der Waals surface area contributed by atoms with Crippen molar-refractivity contribution in [3.63, 3.8) is 0 Å². The highest BCUT2D eigenvalue weighted by atomic mass is 16.6. The molecule has 0 aromatic carbocycles. The second-order valence-electron chi connectivity index (χ2n) is 5.88. The van der Waals surface area contributed by atoms with E-state index in [-0.39, 0.29) is 36.9 Å². The van der Waals surface area contributed by atoms with Crippen molar-refractivity contribution in [3.8, 4) is 0 Å². The van der Waals surface area contributed by atoms with Crippen LogP contribution in [0.3, 0.4) is 0 Å². The number of aliphatic hydroxyl groups is 1. The van der Waals surface area contributed by atoms with Gasteiger partial charge in [-0.05, 0) is 33.6 Å². The Hall–Kier alpha value is -0.810. The highest BCUT2D eigenvalue weighted by Gasteiger charge is 2.47. The zero-order valence-corrected chi connectivity index (χ0v) is 10.6. The van der Waals surface area contributed by atoms with Crippen LogP contribution in [0.2, 0.25) is 0 Å². The lowest BCUT2D eigenvalue weighted by Gasteiger charge is -2.26. The SMILES string of the molecule is CC(C)(C)OC(=O)N[C@H]1C[C@H]2O[C@@H]1CC2CO. The van der Waals surface area contributed by atoms with E-state index < -0.39 is 5.60 Å². The van der Waals surface area contributed by atoms with Gasteiger partial charge in [-0.2, -0.15) is 0 Å². The molecule has 2 aliphatic rings. The van der Waals surface area contributed by atoms with Gasteiger partial charge >= 0.3 is 6.09 Å². The topological polar surface area (TPSA) is 67.8 Å². The van der Waals surface area contributed by atoms with Gasteiger partial charge in [-0.1, -0.05) is 0 Å². The molecule has 0 aromatic rings. The minimum absolute atomic E-state index is 0.0256. The van der Waals surface area contributed by atoms with Crippen molar-refractivity contribution >= 4 is 6.09 Å². The van der Waals surface area contributed by atoms with Gasteiger partial charge in [0, 0.05) is 12.5 Å². The van der Waals surface area contributed by atoms with Gasteiger partial charge in [-0.3, -0.25) is 0 Å². The summed E-state index contributed by atoms with van der Waals surface area (Å²) in [7, 11) is 0. The average Bonchev–Trinajstić information content (AvgIpc) is 2.72. The number of aliphatic hydroxyl groups excluding tert-OH is 1. The third-order valence-corrected chi connectivity index (χ3v) is 3.28. The van der Waals surface area contributed by atoms with Gasteiger partial charge in [0.05, 0.1) is 18.2 Å². The molecule has 2 heterocycles. The molecule has 2 aliphatic heterocycles. The Kier molecular flexibility index (Phi) is 3.32. The second-order valence-corrected chi connectivity index (χ2v) is 5.88. The first-order chi connectivity index (χ1) is 7.89. The second kappa shape index (κ2) is 4.46. The van der Waals surface area contributed by atoms with Crippen LogP contribution < -0.4 is 5.32 Å². The number of ether oxygens (including phenoxy) is 2. The van der Waals surface area contributed by atoms with E-state index in [0.29, 0.717) is 0 Å². The molecular weight excluding hydrogens is 222 g/mol. The largest absolute Gasteiger partial charge is 0.444 e. The first-order valence-electron chi connectivity index (χ1n) is 6.15. The molecular formula is C12H21NO4. The van der Waals surface area contributed by atoms with E-state index >= 15 is 0 Å². The van der Waals surface area contributed by atoms with Crippen molar-refractivity contribution in [2.75, 3.05) is 6.61 Å². The molecule has 2 rings (SSSR count). The molecule has 1 unspecified atom stereocenters. The third-order valence-electron chi connectivity index (χ3n) is 3.28. The van der Waals surface area contributed by atoms with Crippen molar-refractivity contribution < 1.29 is 19.4 Å². The zero-order valence-electron chi connectivity index (χ0n) is 10.6. The van der Waals surface area contributed by atoms with E-state index in [1.54, 1.807) is 0 Å². The van der Waals surface area contributed by atoms with E-state index in [0.717, 1.165) is 12.8 Å². The number of nitrogens with one attached hydrogen (secondary N) is 1. The molecule has 4 atom stereocenters. The molecule has 98 valence electrons. The van der Waals surface area contributed by atoms with Crippen LogP contribution in [0.25, 0.3) is 0 Å². The Labute approximate surface area is 101 Å². The van der Waals surface area contributed by atoms with E-state index in [1.165, 1.54) is 0 Å². The summed E-state index contributed by atoms with van der Waals surface area (Å²) in [6.45, 7) is 5.68. The fourth-order valence-electron chi connectivity index (χ4n) is 2.55. The Morgan fingerprint density at radius 1 is 1.41 bits per heavy atom. The van der Waals surface area contributed by atoms with E-state index in [2.05, 4.69) is 5.32 Å². The Morgan fingerprint density at radius 3 is 2.59 bits per heavy atom. The molecule has 0 saturated carbocycles. The maximum atomic E-state index is 11.6. The number of rotatable bonds is 2. The first kappa shape index (κ1) is 12.6. The minimum Gasteiger partial charge on any atom is -0.444 e. The van der Waals surface area contributed by atoms with Gasteiger partial charge in [0.15, 0.2) is 0 Å². The predicted octanol–water partition coefficient (Wildman–Crippen LogP) is 1.05. The molecule has 2 bridgehead atoms. The summed E-state index contributed by atoms with van der Waals surface area (Å²) in [6, 6.07) is 0.0256. The van der Waals surface area contributed by atoms with Crippen LogP contribution in [0.5, 0.6) is 0 Å². The fraction of sp³-hybridized carbons (Fsp3) is 0.917. The van der Waals surface area contributed by atoms with Gasteiger partial charge in [0.2, 0.25) is 0 Å². The smallest absolute Gasteiger partial charge is 0.407 e. The number of hydrogen-bond donors (Lipinski definition) is 2. The molecule has 0 aromatic heterocycles. The monoisotopic (exact) mass is 243 g/mol. The molecule has 0 spiro atoms. The Bertz CT molecular complexity index is 299. The van der Waals surface area contributed by atoms with E-state index in [9.17, 15) is 4.79 Å². The van der Waals surface area contributed by atoms with Gasteiger partial charge in [-0.15, -0.1) is 0 Å². The summed E-state index contributed by atoms with van der Waals surface area (Å²) in [5, 5.41) is 12.0. The number of hydrogen-bond acceptors (Lipinski definition) is 4. The van der Waals surface area contributed by atoms with Gasteiger partial charge in [0.1, 0.15) is 5.60 Å². The van der Waals surface area contributed by atoms with Crippen molar-refractivity contribution in [2.24, 2.45) is 5.92 Å². The standard InChI is InChI=1S/C12H21NO4/c1-12(2,3)17-11(15)13-8-5-9-7(6-14)4-10(8)16-9/h7-10,14H,4-6H2,1-3H3,(H,13,15)/t7?,8-,9+,10+/m0/s1. The first-order valence-corrected chi connectivity index (χ1v) is 6.15. The zero-order chi connectivity index (χ0) is 12.6. The van der Waals surface area contributed by atoms with Crippen LogP contribution in [0, 0.1) is 5.92 Å². The molecule has 1 amide bonds. The van der Waals surface area contributed by atoms with Crippen LogP contribution in [0.4, 0.5) is 4.79 Å².